The second-order valence-electron chi connectivity index (χ2n) is 6.73. The second-order valence-corrected chi connectivity index (χ2v) is 6.73. The van der Waals surface area contributed by atoms with Crippen LogP contribution in [0.3, 0.4) is 0 Å². The van der Waals surface area contributed by atoms with Crippen molar-refractivity contribution in [2.75, 3.05) is 36.8 Å². The fourth-order valence-corrected chi connectivity index (χ4v) is 2.48. The fourth-order valence-electron chi connectivity index (χ4n) is 2.48. The number of hydrogen-bond acceptors (Lipinski definition) is 4. The number of rotatable bonds is 1. The van der Waals surface area contributed by atoms with Crippen LogP contribution in [0.1, 0.15) is 26.3 Å². The van der Waals surface area contributed by atoms with Crippen LogP contribution in [-0.4, -0.2) is 42.8 Å². The summed E-state index contributed by atoms with van der Waals surface area (Å²) in [6.45, 7) is 7.20. The number of carbonyl (C=O) groups excluding carboxylic acids is 1. The molecule has 0 bridgehead atoms. The molecule has 2 N–H and O–H groups in total. The third kappa shape index (κ3) is 4.46. The van der Waals surface area contributed by atoms with Gasteiger partial charge in [-0.2, -0.15) is 13.2 Å². The number of halogens is 3. The molecule has 5 nitrogen and oxygen atoms in total. The van der Waals surface area contributed by atoms with Crippen molar-refractivity contribution >= 4 is 17.5 Å². The maximum atomic E-state index is 12.7. The molecule has 1 aromatic carbocycles. The molecule has 0 unspecified atom stereocenters. The van der Waals surface area contributed by atoms with Gasteiger partial charge >= 0.3 is 12.3 Å². The predicted octanol–water partition coefficient (Wildman–Crippen LogP) is 3.34. The highest BCUT2D eigenvalue weighted by atomic mass is 19.4. The van der Waals surface area contributed by atoms with Crippen LogP contribution in [0.25, 0.3) is 0 Å². The third-order valence-corrected chi connectivity index (χ3v) is 3.63. The van der Waals surface area contributed by atoms with Gasteiger partial charge < -0.3 is 20.3 Å². The topological polar surface area (TPSA) is 58.8 Å². The maximum absolute atomic E-state index is 12.7. The molecule has 1 amide bonds. The van der Waals surface area contributed by atoms with E-state index in [1.54, 1.807) is 25.7 Å². The number of amides is 1. The molecule has 0 aliphatic carbocycles. The van der Waals surface area contributed by atoms with Gasteiger partial charge in [0.2, 0.25) is 0 Å². The molecule has 0 atom stereocenters. The van der Waals surface area contributed by atoms with Crippen LogP contribution in [0.4, 0.5) is 29.3 Å². The first-order valence-corrected chi connectivity index (χ1v) is 7.67. The summed E-state index contributed by atoms with van der Waals surface area (Å²) in [5, 5.41) is 0. The molecule has 8 heteroatoms. The Morgan fingerprint density at radius 1 is 1.12 bits per heavy atom. The number of alkyl halides is 3. The van der Waals surface area contributed by atoms with E-state index in [1.807, 2.05) is 4.90 Å². The summed E-state index contributed by atoms with van der Waals surface area (Å²) in [6.07, 6.45) is -4.80. The van der Waals surface area contributed by atoms with Crippen LogP contribution in [0.2, 0.25) is 0 Å². The normalized spacial score (nSPS) is 16.2. The lowest BCUT2D eigenvalue weighted by Gasteiger charge is -2.37. The zero-order valence-electron chi connectivity index (χ0n) is 14.0. The molecule has 1 aliphatic rings. The van der Waals surface area contributed by atoms with Gasteiger partial charge in [-0.3, -0.25) is 0 Å². The Morgan fingerprint density at radius 3 is 2.17 bits per heavy atom. The van der Waals surface area contributed by atoms with E-state index in [9.17, 15) is 18.0 Å². The number of piperazine rings is 1. The number of benzene rings is 1. The number of ether oxygens (including phenoxy) is 1. The smallest absolute Gasteiger partial charge is 0.416 e. The quantitative estimate of drug-likeness (QED) is 0.793. The van der Waals surface area contributed by atoms with Gasteiger partial charge in [-0.25, -0.2) is 4.79 Å². The molecule has 1 heterocycles. The molecule has 0 spiro atoms. The first kappa shape index (κ1) is 18.2. The molecular weight excluding hydrogens is 323 g/mol. The number of anilines is 2. The van der Waals surface area contributed by atoms with E-state index in [4.69, 9.17) is 10.5 Å². The van der Waals surface area contributed by atoms with E-state index in [2.05, 4.69) is 0 Å². The van der Waals surface area contributed by atoms with Crippen LogP contribution in [-0.2, 0) is 10.9 Å². The molecule has 1 aliphatic heterocycles. The number of nitrogens with two attached hydrogens (primary N) is 1. The van der Waals surface area contributed by atoms with E-state index >= 15 is 0 Å². The Hall–Kier alpha value is -2.12. The van der Waals surface area contributed by atoms with Gasteiger partial charge in [-0.15, -0.1) is 0 Å². The van der Waals surface area contributed by atoms with Crippen molar-refractivity contribution in [3.63, 3.8) is 0 Å². The van der Waals surface area contributed by atoms with E-state index in [1.165, 1.54) is 6.07 Å². The van der Waals surface area contributed by atoms with Crippen LogP contribution in [0.5, 0.6) is 0 Å². The van der Waals surface area contributed by atoms with Gasteiger partial charge in [-0.1, -0.05) is 0 Å². The summed E-state index contributed by atoms with van der Waals surface area (Å²) in [6, 6.07) is 3.34. The van der Waals surface area contributed by atoms with Crippen LogP contribution in [0, 0.1) is 0 Å². The summed E-state index contributed by atoms with van der Waals surface area (Å²) >= 11 is 0. The van der Waals surface area contributed by atoms with Crippen LogP contribution in [0.15, 0.2) is 18.2 Å². The van der Waals surface area contributed by atoms with Crippen molar-refractivity contribution in [1.82, 2.24) is 4.90 Å². The molecule has 0 saturated carbocycles. The average Bonchev–Trinajstić information content (AvgIpc) is 2.44. The molecule has 0 aromatic heterocycles. The van der Waals surface area contributed by atoms with Gasteiger partial charge in [0.1, 0.15) is 5.60 Å². The van der Waals surface area contributed by atoms with Crippen molar-refractivity contribution in [3.05, 3.63) is 23.8 Å². The number of carbonyl (C=O) groups is 1. The first-order chi connectivity index (χ1) is 11.0. The van der Waals surface area contributed by atoms with Gasteiger partial charge in [0, 0.05) is 26.2 Å². The molecule has 1 fully saturated rings. The average molecular weight is 345 g/mol. The number of nitrogen functional groups attached to an aromatic ring is 1. The van der Waals surface area contributed by atoms with Gasteiger partial charge in [0.05, 0.1) is 16.9 Å². The lowest BCUT2D eigenvalue weighted by atomic mass is 10.1. The molecule has 1 aromatic rings. The van der Waals surface area contributed by atoms with E-state index in [-0.39, 0.29) is 11.8 Å². The minimum atomic E-state index is -4.41. The summed E-state index contributed by atoms with van der Waals surface area (Å²) in [5.41, 5.74) is 5.08. The van der Waals surface area contributed by atoms with Crippen molar-refractivity contribution in [1.29, 1.82) is 0 Å². The summed E-state index contributed by atoms with van der Waals surface area (Å²) in [7, 11) is 0. The Kier molecular flexibility index (Phi) is 4.87. The molecule has 134 valence electrons. The van der Waals surface area contributed by atoms with Crippen molar-refractivity contribution in [2.24, 2.45) is 0 Å². The molecule has 1 saturated heterocycles. The highest BCUT2D eigenvalue weighted by Crippen LogP contribution is 2.34. The number of hydrogen-bond donors (Lipinski definition) is 1. The second kappa shape index (κ2) is 6.41. The highest BCUT2D eigenvalue weighted by molar-refractivity contribution is 5.71. The monoisotopic (exact) mass is 345 g/mol. The Labute approximate surface area is 139 Å². The van der Waals surface area contributed by atoms with Crippen LogP contribution >= 0.6 is 0 Å². The van der Waals surface area contributed by atoms with Gasteiger partial charge in [0.15, 0.2) is 0 Å². The number of nitrogens with zero attached hydrogens (tertiary/aromatic N) is 2. The predicted molar refractivity (Wildman–Crippen MR) is 85.9 cm³/mol. The minimum Gasteiger partial charge on any atom is -0.444 e. The van der Waals surface area contributed by atoms with Crippen molar-refractivity contribution < 1.29 is 22.7 Å². The molecule has 24 heavy (non-hydrogen) atoms. The Balaban J connectivity index is 2.01. The zero-order chi connectivity index (χ0) is 18.1. The van der Waals surface area contributed by atoms with Gasteiger partial charge in [0.25, 0.3) is 0 Å². The summed E-state index contributed by atoms with van der Waals surface area (Å²) < 4.78 is 43.4. The SMILES string of the molecule is CC(C)(C)OC(=O)N1CCN(c2ccc(C(F)(F)F)cc2N)CC1. The molecular formula is C16H22F3N3O2. The summed E-state index contributed by atoms with van der Waals surface area (Å²) in [5.74, 6) is 0. The maximum Gasteiger partial charge on any atom is 0.416 e. The Bertz CT molecular complexity index is 604. The lowest BCUT2D eigenvalue weighted by Crippen LogP contribution is -2.50. The van der Waals surface area contributed by atoms with E-state index in [0.29, 0.717) is 31.9 Å². The summed E-state index contributed by atoms with van der Waals surface area (Å²) in [4.78, 5) is 15.5. The van der Waals surface area contributed by atoms with Gasteiger partial charge in [-0.05, 0) is 39.0 Å². The largest absolute Gasteiger partial charge is 0.444 e. The third-order valence-electron chi connectivity index (χ3n) is 3.63. The molecule has 2 rings (SSSR count). The van der Waals surface area contributed by atoms with E-state index in [0.717, 1.165) is 12.1 Å². The van der Waals surface area contributed by atoms with Crippen molar-refractivity contribution in [3.8, 4) is 0 Å². The lowest BCUT2D eigenvalue weighted by molar-refractivity contribution is -0.137. The molecule has 0 radical (unpaired) electrons. The Morgan fingerprint density at radius 2 is 1.71 bits per heavy atom. The minimum absolute atomic E-state index is 0.0792. The zero-order valence-corrected chi connectivity index (χ0v) is 14.0. The standard InChI is InChI=1S/C16H22F3N3O2/c1-15(2,3)24-14(23)22-8-6-21(7-9-22)13-5-4-11(10-12(13)20)16(17,18)19/h4-5,10H,6-9,20H2,1-3H3. The van der Waals surface area contributed by atoms with E-state index < -0.39 is 17.3 Å². The van der Waals surface area contributed by atoms with Crippen molar-refractivity contribution in [2.45, 2.75) is 32.5 Å². The highest BCUT2D eigenvalue weighted by Gasteiger charge is 2.32. The van der Waals surface area contributed by atoms with Crippen LogP contribution < -0.4 is 10.6 Å². The first-order valence-electron chi connectivity index (χ1n) is 7.67. The fraction of sp³-hybridized carbons (Fsp3) is 0.562.